The largest absolute Gasteiger partial charge is 0.495 e. The lowest BCUT2D eigenvalue weighted by Crippen LogP contribution is -2.33. The van der Waals surface area contributed by atoms with Crippen LogP contribution in [-0.2, 0) is 14.8 Å². The number of nitrogens with one attached hydrogen (secondary N) is 1. The predicted octanol–water partition coefficient (Wildman–Crippen LogP) is 2.63. The molecule has 0 aliphatic heterocycles. The van der Waals surface area contributed by atoms with Crippen LogP contribution >= 0.6 is 0 Å². The summed E-state index contributed by atoms with van der Waals surface area (Å²) in [5.74, 6) is -0.586. The number of hydrogen-bond donors (Lipinski definition) is 1. The Kier molecular flexibility index (Phi) is 5.97. The molecule has 0 aromatic heterocycles. The highest BCUT2D eigenvalue weighted by Gasteiger charge is 2.21. The Labute approximate surface area is 146 Å². The van der Waals surface area contributed by atoms with Crippen LogP contribution in [0.25, 0.3) is 0 Å². The second-order valence-corrected chi connectivity index (χ2v) is 7.19. The lowest BCUT2D eigenvalue weighted by Gasteiger charge is -2.22. The van der Waals surface area contributed by atoms with Gasteiger partial charge in [0.15, 0.2) is 0 Å². The molecule has 0 saturated carbocycles. The molecule has 25 heavy (non-hydrogen) atoms. The van der Waals surface area contributed by atoms with Gasteiger partial charge in [0.25, 0.3) is 0 Å². The topological polar surface area (TPSA) is 75.7 Å². The van der Waals surface area contributed by atoms with E-state index in [1.54, 1.807) is 24.3 Å². The van der Waals surface area contributed by atoms with Crippen molar-refractivity contribution in [3.8, 4) is 5.75 Å². The minimum Gasteiger partial charge on any atom is -0.495 e. The van der Waals surface area contributed by atoms with Crippen molar-refractivity contribution in [1.82, 2.24) is 0 Å². The maximum atomic E-state index is 13.9. The van der Waals surface area contributed by atoms with Gasteiger partial charge in [-0.1, -0.05) is 24.3 Å². The zero-order valence-electron chi connectivity index (χ0n) is 13.9. The second-order valence-electron chi connectivity index (χ2n) is 5.28. The molecule has 0 bridgehead atoms. The van der Waals surface area contributed by atoms with E-state index >= 15 is 0 Å². The third kappa shape index (κ3) is 4.93. The predicted molar refractivity (Wildman–Crippen MR) is 94.8 cm³/mol. The Morgan fingerprint density at radius 3 is 2.44 bits per heavy atom. The highest BCUT2D eigenvalue weighted by atomic mass is 32.2. The van der Waals surface area contributed by atoms with Gasteiger partial charge in [0.2, 0.25) is 15.9 Å². The summed E-state index contributed by atoms with van der Waals surface area (Å²) in [4.78, 5) is 12.1. The monoisotopic (exact) mass is 366 g/mol. The number of amides is 1. The first-order chi connectivity index (χ1) is 11.8. The molecule has 0 aliphatic rings. The van der Waals surface area contributed by atoms with Crippen LogP contribution in [0.15, 0.2) is 48.5 Å². The molecule has 0 heterocycles. The number of hydrogen-bond acceptors (Lipinski definition) is 4. The van der Waals surface area contributed by atoms with Gasteiger partial charge in [-0.25, -0.2) is 12.8 Å². The van der Waals surface area contributed by atoms with Gasteiger partial charge in [-0.2, -0.15) is 0 Å². The van der Waals surface area contributed by atoms with E-state index in [1.807, 2.05) is 0 Å². The van der Waals surface area contributed by atoms with Gasteiger partial charge in [-0.15, -0.1) is 0 Å². The SMILES string of the molecule is COc1ccccc1NC(=O)CCN(c1ccccc1F)S(C)(=O)=O. The Balaban J connectivity index is 2.11. The fourth-order valence-corrected chi connectivity index (χ4v) is 3.21. The molecule has 0 unspecified atom stereocenters. The van der Waals surface area contributed by atoms with Crippen molar-refractivity contribution in [3.63, 3.8) is 0 Å². The molecule has 2 rings (SSSR count). The van der Waals surface area contributed by atoms with E-state index in [9.17, 15) is 17.6 Å². The smallest absolute Gasteiger partial charge is 0.232 e. The third-order valence-electron chi connectivity index (χ3n) is 3.44. The Morgan fingerprint density at radius 2 is 1.80 bits per heavy atom. The summed E-state index contributed by atoms with van der Waals surface area (Å²) >= 11 is 0. The average molecular weight is 366 g/mol. The van der Waals surface area contributed by atoms with Crippen LogP contribution in [0.1, 0.15) is 6.42 Å². The van der Waals surface area contributed by atoms with Gasteiger partial charge in [-0.05, 0) is 24.3 Å². The zero-order chi connectivity index (χ0) is 18.4. The van der Waals surface area contributed by atoms with E-state index in [-0.39, 0.29) is 18.7 Å². The highest BCUT2D eigenvalue weighted by molar-refractivity contribution is 7.92. The van der Waals surface area contributed by atoms with Gasteiger partial charge in [0.1, 0.15) is 11.6 Å². The molecule has 0 radical (unpaired) electrons. The molecule has 1 N–H and O–H groups in total. The van der Waals surface area contributed by atoms with Crippen molar-refractivity contribution in [2.24, 2.45) is 0 Å². The van der Waals surface area contributed by atoms with Crippen molar-refractivity contribution in [3.05, 3.63) is 54.3 Å². The van der Waals surface area contributed by atoms with Crippen LogP contribution in [0, 0.1) is 5.82 Å². The Bertz CT molecular complexity index is 855. The third-order valence-corrected chi connectivity index (χ3v) is 4.62. The van der Waals surface area contributed by atoms with Crippen LogP contribution in [0.3, 0.4) is 0 Å². The van der Waals surface area contributed by atoms with Crippen LogP contribution in [-0.4, -0.2) is 34.2 Å². The lowest BCUT2D eigenvalue weighted by atomic mass is 10.2. The first kappa shape index (κ1) is 18.7. The van der Waals surface area contributed by atoms with E-state index in [2.05, 4.69) is 5.32 Å². The maximum Gasteiger partial charge on any atom is 0.232 e. The minimum absolute atomic E-state index is 0.0879. The highest BCUT2D eigenvalue weighted by Crippen LogP contribution is 2.24. The van der Waals surface area contributed by atoms with Crippen LogP contribution in [0.2, 0.25) is 0 Å². The van der Waals surface area contributed by atoms with Gasteiger partial charge in [0.05, 0.1) is 24.7 Å². The number of carbonyl (C=O) groups excluding carboxylic acids is 1. The molecule has 0 atom stereocenters. The van der Waals surface area contributed by atoms with Crippen molar-refractivity contribution < 1.29 is 22.3 Å². The number of nitrogens with zero attached hydrogens (tertiary/aromatic N) is 1. The molecule has 0 aliphatic carbocycles. The molecular formula is C17H19FN2O4S. The summed E-state index contributed by atoms with van der Waals surface area (Å²) in [7, 11) is -2.25. The fourth-order valence-electron chi connectivity index (χ4n) is 2.28. The van der Waals surface area contributed by atoms with Crippen LogP contribution in [0.5, 0.6) is 5.75 Å². The van der Waals surface area contributed by atoms with E-state index in [0.29, 0.717) is 11.4 Å². The van der Waals surface area contributed by atoms with Crippen LogP contribution < -0.4 is 14.4 Å². The molecule has 6 nitrogen and oxygen atoms in total. The molecule has 0 saturated heterocycles. The maximum absolute atomic E-state index is 13.9. The molecule has 134 valence electrons. The van der Waals surface area contributed by atoms with Crippen LogP contribution in [0.4, 0.5) is 15.8 Å². The normalized spacial score (nSPS) is 11.0. The Hall–Kier alpha value is -2.61. The number of anilines is 2. The van der Waals surface area contributed by atoms with Crippen molar-refractivity contribution in [2.75, 3.05) is 29.5 Å². The van der Waals surface area contributed by atoms with Crippen molar-refractivity contribution >= 4 is 27.3 Å². The first-order valence-corrected chi connectivity index (χ1v) is 9.33. The summed E-state index contributed by atoms with van der Waals surface area (Å²) in [5, 5.41) is 2.66. The number of rotatable bonds is 7. The average Bonchev–Trinajstić information content (AvgIpc) is 2.56. The van der Waals surface area contributed by atoms with Gasteiger partial charge in [0, 0.05) is 13.0 Å². The molecule has 1 amide bonds. The number of methoxy groups -OCH3 is 1. The zero-order valence-corrected chi connectivity index (χ0v) is 14.7. The quantitative estimate of drug-likeness (QED) is 0.817. The van der Waals surface area contributed by atoms with E-state index in [0.717, 1.165) is 10.6 Å². The fraction of sp³-hybridized carbons (Fsp3) is 0.235. The molecule has 8 heteroatoms. The summed E-state index contributed by atoms with van der Waals surface area (Å²) < 4.78 is 43.9. The molecule has 2 aromatic rings. The van der Waals surface area contributed by atoms with Gasteiger partial charge < -0.3 is 10.1 Å². The summed E-state index contributed by atoms with van der Waals surface area (Å²) in [6, 6.07) is 12.4. The molecule has 0 spiro atoms. The minimum atomic E-state index is -3.73. The Morgan fingerprint density at radius 1 is 1.16 bits per heavy atom. The number of sulfonamides is 1. The van der Waals surface area contributed by atoms with Crippen molar-refractivity contribution in [2.45, 2.75) is 6.42 Å². The number of para-hydroxylation sites is 3. The van der Waals surface area contributed by atoms with E-state index < -0.39 is 21.7 Å². The summed E-state index contributed by atoms with van der Waals surface area (Å²) in [5.41, 5.74) is 0.391. The molecular weight excluding hydrogens is 347 g/mol. The standard InChI is InChI=1S/C17H19FN2O4S/c1-24-16-10-6-4-8-14(16)19-17(21)11-12-20(25(2,22)23)15-9-5-3-7-13(15)18/h3-10H,11-12H2,1-2H3,(H,19,21). The first-order valence-electron chi connectivity index (χ1n) is 7.48. The van der Waals surface area contributed by atoms with E-state index in [4.69, 9.17) is 4.74 Å². The lowest BCUT2D eigenvalue weighted by molar-refractivity contribution is -0.116. The molecule has 2 aromatic carbocycles. The molecule has 0 fully saturated rings. The van der Waals surface area contributed by atoms with Gasteiger partial charge in [-0.3, -0.25) is 9.10 Å². The number of ether oxygens (including phenoxy) is 1. The second kappa shape index (κ2) is 7.98. The summed E-state index contributed by atoms with van der Waals surface area (Å²) in [6.07, 6.45) is 0.830. The number of carbonyl (C=O) groups is 1. The number of benzene rings is 2. The number of halogens is 1. The van der Waals surface area contributed by atoms with Gasteiger partial charge >= 0.3 is 0 Å². The van der Waals surface area contributed by atoms with Crippen molar-refractivity contribution in [1.29, 1.82) is 0 Å². The van der Waals surface area contributed by atoms with E-state index in [1.165, 1.54) is 31.4 Å². The summed E-state index contributed by atoms with van der Waals surface area (Å²) in [6.45, 7) is -0.180.